The number of hydrogen-bond donors (Lipinski definition) is 2. The highest BCUT2D eigenvalue weighted by Crippen LogP contribution is 2.20. The highest BCUT2D eigenvalue weighted by atomic mass is 35.5. The second kappa shape index (κ2) is 10.6. The van der Waals surface area contributed by atoms with Crippen molar-refractivity contribution in [1.29, 1.82) is 0 Å². The lowest BCUT2D eigenvalue weighted by molar-refractivity contribution is -0.121. The van der Waals surface area contributed by atoms with Gasteiger partial charge in [0, 0.05) is 12.1 Å². The Hall–Kier alpha value is -1.45. The Balaban J connectivity index is 0.00000169. The van der Waals surface area contributed by atoms with E-state index in [1.54, 1.807) is 12.1 Å². The first-order chi connectivity index (χ1) is 11.6. The molecule has 8 nitrogen and oxygen atoms in total. The summed E-state index contributed by atoms with van der Waals surface area (Å²) in [7, 11) is 0. The largest absolute Gasteiger partial charge is 0.338 e. The lowest BCUT2D eigenvalue weighted by atomic mass is 9.96. The SMILES string of the molecule is Cl.Cl.NCc1nc(CN2CCC(C(=O)Nc3ccc(Cl)cn3)CC2)no1. The van der Waals surface area contributed by atoms with Crippen LogP contribution < -0.4 is 11.1 Å². The van der Waals surface area contributed by atoms with Crippen molar-refractivity contribution in [3.05, 3.63) is 35.1 Å². The normalized spacial score (nSPS) is 15.0. The molecule has 2 aromatic rings. The van der Waals surface area contributed by atoms with Crippen molar-refractivity contribution in [2.45, 2.75) is 25.9 Å². The van der Waals surface area contributed by atoms with Crippen LogP contribution in [0.15, 0.2) is 22.9 Å². The zero-order valence-corrected chi connectivity index (χ0v) is 16.3. The van der Waals surface area contributed by atoms with E-state index >= 15 is 0 Å². The Morgan fingerprint density at radius 2 is 2.08 bits per heavy atom. The van der Waals surface area contributed by atoms with E-state index in [2.05, 4.69) is 25.3 Å². The molecule has 1 amide bonds. The minimum atomic E-state index is -0.0244. The molecule has 0 radical (unpaired) electrons. The van der Waals surface area contributed by atoms with Crippen LogP contribution in [-0.4, -0.2) is 39.0 Å². The van der Waals surface area contributed by atoms with Crippen LogP contribution in [0.1, 0.15) is 24.6 Å². The Morgan fingerprint density at radius 1 is 1.35 bits per heavy atom. The zero-order chi connectivity index (χ0) is 16.9. The monoisotopic (exact) mass is 422 g/mol. The van der Waals surface area contributed by atoms with Crippen LogP contribution in [0.4, 0.5) is 5.82 Å². The quantitative estimate of drug-likeness (QED) is 0.759. The van der Waals surface area contributed by atoms with Gasteiger partial charge in [0.15, 0.2) is 5.82 Å². The Labute approximate surface area is 168 Å². The van der Waals surface area contributed by atoms with Gasteiger partial charge in [0.25, 0.3) is 0 Å². The molecule has 3 heterocycles. The molecule has 26 heavy (non-hydrogen) atoms. The van der Waals surface area contributed by atoms with Gasteiger partial charge >= 0.3 is 0 Å². The first kappa shape index (κ1) is 22.6. The fraction of sp³-hybridized carbons (Fsp3) is 0.467. The first-order valence-corrected chi connectivity index (χ1v) is 8.18. The summed E-state index contributed by atoms with van der Waals surface area (Å²) in [5, 5.41) is 7.27. The second-order valence-corrected chi connectivity index (χ2v) is 6.15. The van der Waals surface area contributed by atoms with Crippen molar-refractivity contribution in [3.63, 3.8) is 0 Å². The van der Waals surface area contributed by atoms with Crippen LogP contribution in [0.2, 0.25) is 5.02 Å². The number of carbonyl (C=O) groups excluding carboxylic acids is 1. The molecule has 0 bridgehead atoms. The Kier molecular flexibility index (Phi) is 9.24. The number of carbonyl (C=O) groups is 1. The molecule has 1 aliphatic rings. The summed E-state index contributed by atoms with van der Waals surface area (Å²) < 4.78 is 5.00. The van der Waals surface area contributed by atoms with E-state index < -0.39 is 0 Å². The van der Waals surface area contributed by atoms with Crippen LogP contribution in [0.25, 0.3) is 0 Å². The molecule has 11 heteroatoms. The molecule has 0 aliphatic carbocycles. The minimum Gasteiger partial charge on any atom is -0.338 e. The number of halogens is 3. The van der Waals surface area contributed by atoms with Crippen molar-refractivity contribution < 1.29 is 9.32 Å². The lowest BCUT2D eigenvalue weighted by Crippen LogP contribution is -2.38. The number of aromatic nitrogens is 3. The molecule has 2 aromatic heterocycles. The van der Waals surface area contributed by atoms with Crippen molar-refractivity contribution in [3.8, 4) is 0 Å². The van der Waals surface area contributed by atoms with E-state index in [-0.39, 0.29) is 43.2 Å². The molecule has 3 rings (SSSR count). The maximum absolute atomic E-state index is 12.3. The third kappa shape index (κ3) is 6.07. The Morgan fingerprint density at radius 3 is 2.65 bits per heavy atom. The van der Waals surface area contributed by atoms with Gasteiger partial charge in [0.05, 0.1) is 18.1 Å². The van der Waals surface area contributed by atoms with E-state index in [4.69, 9.17) is 21.9 Å². The maximum atomic E-state index is 12.3. The average Bonchev–Trinajstić information content (AvgIpc) is 3.05. The van der Waals surface area contributed by atoms with E-state index in [1.807, 2.05) is 0 Å². The summed E-state index contributed by atoms with van der Waals surface area (Å²) in [6.07, 6.45) is 3.07. The molecule has 0 aromatic carbocycles. The van der Waals surface area contributed by atoms with Gasteiger partial charge in [-0.3, -0.25) is 9.69 Å². The highest BCUT2D eigenvalue weighted by molar-refractivity contribution is 6.30. The predicted molar refractivity (Wildman–Crippen MR) is 103 cm³/mol. The highest BCUT2D eigenvalue weighted by Gasteiger charge is 2.26. The third-order valence-corrected chi connectivity index (χ3v) is 4.21. The van der Waals surface area contributed by atoms with E-state index in [0.29, 0.717) is 29.1 Å². The maximum Gasteiger partial charge on any atom is 0.240 e. The molecule has 1 aliphatic heterocycles. The molecule has 0 spiro atoms. The van der Waals surface area contributed by atoms with Crippen molar-refractivity contribution in [2.24, 2.45) is 11.7 Å². The molecular formula is C15H21Cl3N6O2. The van der Waals surface area contributed by atoms with Crippen molar-refractivity contribution in [1.82, 2.24) is 20.0 Å². The van der Waals surface area contributed by atoms with E-state index in [0.717, 1.165) is 25.9 Å². The molecule has 144 valence electrons. The van der Waals surface area contributed by atoms with Crippen LogP contribution in [0.5, 0.6) is 0 Å². The van der Waals surface area contributed by atoms with Gasteiger partial charge in [-0.25, -0.2) is 4.98 Å². The number of pyridine rings is 1. The summed E-state index contributed by atoms with van der Waals surface area (Å²) in [5.74, 6) is 1.56. The number of piperidine rings is 1. The van der Waals surface area contributed by atoms with Gasteiger partial charge in [-0.05, 0) is 38.1 Å². The fourth-order valence-corrected chi connectivity index (χ4v) is 2.78. The number of nitrogens with zero attached hydrogens (tertiary/aromatic N) is 4. The molecule has 1 saturated heterocycles. The van der Waals surface area contributed by atoms with Gasteiger partial charge in [0.1, 0.15) is 5.82 Å². The van der Waals surface area contributed by atoms with Gasteiger partial charge in [-0.15, -0.1) is 24.8 Å². The average molecular weight is 424 g/mol. The minimum absolute atomic E-state index is 0. The molecule has 0 atom stereocenters. The van der Waals surface area contributed by atoms with Crippen LogP contribution in [0, 0.1) is 5.92 Å². The topological polar surface area (TPSA) is 110 Å². The molecular weight excluding hydrogens is 403 g/mol. The Bertz CT molecular complexity index is 689. The second-order valence-electron chi connectivity index (χ2n) is 5.71. The number of hydrogen-bond acceptors (Lipinski definition) is 7. The summed E-state index contributed by atoms with van der Waals surface area (Å²) in [6, 6.07) is 3.40. The first-order valence-electron chi connectivity index (χ1n) is 7.80. The number of rotatable bonds is 5. The predicted octanol–water partition coefficient (Wildman–Crippen LogP) is 2.27. The summed E-state index contributed by atoms with van der Waals surface area (Å²) in [5.41, 5.74) is 5.45. The number of nitrogens with two attached hydrogens (primary N) is 1. The van der Waals surface area contributed by atoms with Gasteiger partial charge in [-0.1, -0.05) is 16.8 Å². The summed E-state index contributed by atoms with van der Waals surface area (Å²) in [4.78, 5) is 22.8. The summed E-state index contributed by atoms with van der Waals surface area (Å²) in [6.45, 7) is 2.46. The number of likely N-dealkylation sites (tertiary alicyclic amines) is 1. The van der Waals surface area contributed by atoms with E-state index in [9.17, 15) is 4.79 Å². The molecule has 1 fully saturated rings. The zero-order valence-electron chi connectivity index (χ0n) is 13.9. The van der Waals surface area contributed by atoms with Crippen LogP contribution in [-0.2, 0) is 17.9 Å². The van der Waals surface area contributed by atoms with Crippen LogP contribution in [0.3, 0.4) is 0 Å². The fourth-order valence-electron chi connectivity index (χ4n) is 2.67. The van der Waals surface area contributed by atoms with Gasteiger partial charge < -0.3 is 15.6 Å². The molecule has 3 N–H and O–H groups in total. The van der Waals surface area contributed by atoms with Gasteiger partial charge in [-0.2, -0.15) is 4.98 Å². The number of nitrogens with one attached hydrogen (secondary N) is 1. The standard InChI is InChI=1S/C15H19ClN6O2.2ClH/c16-11-1-2-12(18-8-11)20-15(23)10-3-5-22(6-4-10)9-13-19-14(7-17)24-21-13;;/h1-2,8,10H,3-7,9,17H2,(H,18,20,23);2*1H. The van der Waals surface area contributed by atoms with Crippen molar-refractivity contribution in [2.75, 3.05) is 18.4 Å². The van der Waals surface area contributed by atoms with Crippen LogP contribution >= 0.6 is 36.4 Å². The number of anilines is 1. The molecule has 0 saturated carbocycles. The smallest absolute Gasteiger partial charge is 0.240 e. The number of amides is 1. The summed E-state index contributed by atoms with van der Waals surface area (Å²) >= 11 is 5.79. The lowest BCUT2D eigenvalue weighted by Gasteiger charge is -2.30. The van der Waals surface area contributed by atoms with Gasteiger partial charge in [0.2, 0.25) is 11.8 Å². The van der Waals surface area contributed by atoms with E-state index in [1.165, 1.54) is 6.20 Å². The molecule has 0 unspecified atom stereocenters. The van der Waals surface area contributed by atoms with Crippen molar-refractivity contribution >= 4 is 48.1 Å². The third-order valence-electron chi connectivity index (χ3n) is 3.99.